The Bertz CT molecular complexity index is 638. The van der Waals surface area contributed by atoms with Crippen LogP contribution in [-0.2, 0) is 0 Å². The Morgan fingerprint density at radius 1 is 1.16 bits per heavy atom. The molecule has 0 saturated heterocycles. The Kier molecular flexibility index (Phi) is 3.90. The number of nitrogens with one attached hydrogen (secondary N) is 1. The third kappa shape index (κ3) is 2.96. The van der Waals surface area contributed by atoms with Crippen molar-refractivity contribution in [2.45, 2.75) is 13.8 Å². The molecule has 0 atom stereocenters. The lowest BCUT2D eigenvalue weighted by Crippen LogP contribution is -2.13. The molecule has 98 valence electrons. The van der Waals surface area contributed by atoms with E-state index in [-0.39, 0.29) is 5.91 Å². The van der Waals surface area contributed by atoms with E-state index in [9.17, 15) is 4.79 Å². The third-order valence-electron chi connectivity index (χ3n) is 2.97. The lowest BCUT2D eigenvalue weighted by molar-refractivity contribution is 0.102. The zero-order valence-corrected chi connectivity index (χ0v) is 12.4. The fourth-order valence-corrected chi connectivity index (χ4v) is 2.18. The van der Waals surface area contributed by atoms with Crippen LogP contribution in [0.1, 0.15) is 21.5 Å². The molecule has 4 heteroatoms. The highest BCUT2D eigenvalue weighted by Gasteiger charge is 2.11. The van der Waals surface area contributed by atoms with Crippen molar-refractivity contribution in [3.8, 4) is 0 Å². The molecule has 0 radical (unpaired) electrons. The second kappa shape index (κ2) is 5.45. The molecule has 0 bridgehead atoms. The van der Waals surface area contributed by atoms with Gasteiger partial charge in [-0.05, 0) is 59.1 Å². The third-order valence-corrected chi connectivity index (χ3v) is 4.03. The number of anilines is 2. The predicted octanol–water partition coefficient (Wildman–Crippen LogP) is 3.90. The number of carbonyl (C=O) groups excluding carboxylic acids is 1. The van der Waals surface area contributed by atoms with Crippen LogP contribution in [0.3, 0.4) is 0 Å². The first kappa shape index (κ1) is 13.6. The summed E-state index contributed by atoms with van der Waals surface area (Å²) in [6.45, 7) is 3.88. The lowest BCUT2D eigenvalue weighted by Gasteiger charge is -2.09. The smallest absolute Gasteiger partial charge is 0.256 e. The molecule has 1 amide bonds. The molecule has 0 spiro atoms. The topological polar surface area (TPSA) is 55.1 Å². The van der Waals surface area contributed by atoms with Crippen LogP contribution in [0, 0.1) is 13.8 Å². The molecule has 2 rings (SSSR count). The number of nitrogens with two attached hydrogens (primary N) is 1. The van der Waals surface area contributed by atoms with Crippen LogP contribution in [0.5, 0.6) is 0 Å². The first-order valence-corrected chi connectivity index (χ1v) is 6.71. The summed E-state index contributed by atoms with van der Waals surface area (Å²) in [5.41, 5.74) is 9.82. The fraction of sp³-hybridized carbons (Fsp3) is 0.133. The quantitative estimate of drug-likeness (QED) is 0.825. The van der Waals surface area contributed by atoms with Crippen molar-refractivity contribution in [2.75, 3.05) is 11.1 Å². The number of hydrogen-bond acceptors (Lipinski definition) is 2. The van der Waals surface area contributed by atoms with Crippen molar-refractivity contribution in [3.05, 3.63) is 57.6 Å². The van der Waals surface area contributed by atoms with Crippen molar-refractivity contribution in [1.82, 2.24) is 0 Å². The maximum absolute atomic E-state index is 12.2. The second-order valence-electron chi connectivity index (χ2n) is 4.46. The average molecular weight is 319 g/mol. The summed E-state index contributed by atoms with van der Waals surface area (Å²) in [5, 5.41) is 2.85. The van der Waals surface area contributed by atoms with Crippen molar-refractivity contribution in [3.63, 3.8) is 0 Å². The zero-order valence-electron chi connectivity index (χ0n) is 10.8. The number of rotatable bonds is 2. The Hall–Kier alpha value is -1.81. The van der Waals surface area contributed by atoms with E-state index < -0.39 is 0 Å². The summed E-state index contributed by atoms with van der Waals surface area (Å²) >= 11 is 3.43. The molecule has 0 unspecified atom stereocenters. The van der Waals surface area contributed by atoms with Crippen LogP contribution in [0.2, 0.25) is 0 Å². The van der Waals surface area contributed by atoms with Gasteiger partial charge in [-0.2, -0.15) is 0 Å². The van der Waals surface area contributed by atoms with E-state index in [2.05, 4.69) is 21.2 Å². The maximum Gasteiger partial charge on any atom is 0.256 e. The molecule has 0 aliphatic heterocycles. The van der Waals surface area contributed by atoms with Crippen molar-refractivity contribution in [1.29, 1.82) is 0 Å². The van der Waals surface area contributed by atoms with Gasteiger partial charge in [-0.25, -0.2) is 0 Å². The van der Waals surface area contributed by atoms with Crippen LogP contribution >= 0.6 is 15.9 Å². The standard InChI is InChI=1S/C15H15BrN2O/c1-9-6-7-11(8-13(9)17)18-15(19)12-5-3-4-10(2)14(12)16/h3-8H,17H2,1-2H3,(H,18,19). The number of halogens is 1. The summed E-state index contributed by atoms with van der Waals surface area (Å²) in [6.07, 6.45) is 0. The summed E-state index contributed by atoms with van der Waals surface area (Å²) in [6, 6.07) is 11.1. The van der Waals surface area contributed by atoms with Gasteiger partial charge in [0.05, 0.1) is 5.56 Å². The lowest BCUT2D eigenvalue weighted by atomic mass is 10.1. The van der Waals surface area contributed by atoms with E-state index >= 15 is 0 Å². The van der Waals surface area contributed by atoms with Gasteiger partial charge < -0.3 is 11.1 Å². The van der Waals surface area contributed by atoms with E-state index in [0.29, 0.717) is 16.9 Å². The molecule has 0 fully saturated rings. The molecule has 3 nitrogen and oxygen atoms in total. The molecule has 0 aromatic heterocycles. The minimum absolute atomic E-state index is 0.154. The fourth-order valence-electron chi connectivity index (χ4n) is 1.74. The highest BCUT2D eigenvalue weighted by atomic mass is 79.9. The minimum atomic E-state index is -0.154. The van der Waals surface area contributed by atoms with Gasteiger partial charge in [-0.15, -0.1) is 0 Å². The molecule has 0 aliphatic carbocycles. The normalized spacial score (nSPS) is 10.3. The van der Waals surface area contributed by atoms with E-state index in [1.165, 1.54) is 0 Å². The molecular formula is C15H15BrN2O. The Labute approximate surface area is 121 Å². The molecule has 3 N–H and O–H groups in total. The van der Waals surface area contributed by atoms with Gasteiger partial charge in [0.25, 0.3) is 5.91 Å². The number of carbonyl (C=O) groups is 1. The first-order chi connectivity index (χ1) is 8.99. The monoisotopic (exact) mass is 318 g/mol. The summed E-state index contributed by atoms with van der Waals surface area (Å²) in [4.78, 5) is 12.2. The summed E-state index contributed by atoms with van der Waals surface area (Å²) in [7, 11) is 0. The van der Waals surface area contributed by atoms with Gasteiger partial charge in [-0.1, -0.05) is 18.2 Å². The molecule has 0 heterocycles. The molecule has 2 aromatic carbocycles. The predicted molar refractivity (Wildman–Crippen MR) is 82.4 cm³/mol. The number of aryl methyl sites for hydroxylation is 2. The molecule has 0 aliphatic rings. The van der Waals surface area contributed by atoms with Crippen molar-refractivity contribution >= 4 is 33.2 Å². The second-order valence-corrected chi connectivity index (χ2v) is 5.25. The largest absolute Gasteiger partial charge is 0.398 e. The van der Waals surface area contributed by atoms with E-state index in [1.54, 1.807) is 12.1 Å². The average Bonchev–Trinajstić information content (AvgIpc) is 2.37. The molecule has 2 aromatic rings. The van der Waals surface area contributed by atoms with E-state index in [4.69, 9.17) is 5.73 Å². The Morgan fingerprint density at radius 3 is 2.58 bits per heavy atom. The SMILES string of the molecule is Cc1ccc(NC(=O)c2cccc(C)c2Br)cc1N. The van der Waals surface area contributed by atoms with Gasteiger partial charge >= 0.3 is 0 Å². The Morgan fingerprint density at radius 2 is 1.89 bits per heavy atom. The van der Waals surface area contributed by atoms with Crippen LogP contribution in [-0.4, -0.2) is 5.91 Å². The summed E-state index contributed by atoms with van der Waals surface area (Å²) < 4.78 is 0.813. The number of nitrogen functional groups attached to an aromatic ring is 1. The Balaban J connectivity index is 2.26. The van der Waals surface area contributed by atoms with E-state index in [1.807, 2.05) is 38.1 Å². The van der Waals surface area contributed by atoms with Gasteiger partial charge in [-0.3, -0.25) is 4.79 Å². The van der Waals surface area contributed by atoms with Gasteiger partial charge in [0, 0.05) is 15.8 Å². The number of benzene rings is 2. The zero-order chi connectivity index (χ0) is 14.0. The number of amides is 1. The van der Waals surface area contributed by atoms with Crippen LogP contribution in [0.15, 0.2) is 40.9 Å². The van der Waals surface area contributed by atoms with E-state index in [0.717, 1.165) is 15.6 Å². The van der Waals surface area contributed by atoms with Gasteiger partial charge in [0.1, 0.15) is 0 Å². The highest BCUT2D eigenvalue weighted by molar-refractivity contribution is 9.10. The van der Waals surface area contributed by atoms with Crippen LogP contribution < -0.4 is 11.1 Å². The summed E-state index contributed by atoms with van der Waals surface area (Å²) in [5.74, 6) is -0.154. The van der Waals surface area contributed by atoms with Gasteiger partial charge in [0.15, 0.2) is 0 Å². The van der Waals surface area contributed by atoms with Crippen molar-refractivity contribution < 1.29 is 4.79 Å². The van der Waals surface area contributed by atoms with Crippen molar-refractivity contribution in [2.24, 2.45) is 0 Å². The molecule has 0 saturated carbocycles. The van der Waals surface area contributed by atoms with Gasteiger partial charge in [0.2, 0.25) is 0 Å². The highest BCUT2D eigenvalue weighted by Crippen LogP contribution is 2.23. The number of hydrogen-bond donors (Lipinski definition) is 2. The maximum atomic E-state index is 12.2. The molecule has 19 heavy (non-hydrogen) atoms. The molecular weight excluding hydrogens is 304 g/mol. The van der Waals surface area contributed by atoms with Crippen LogP contribution in [0.4, 0.5) is 11.4 Å². The van der Waals surface area contributed by atoms with Crippen LogP contribution in [0.25, 0.3) is 0 Å². The minimum Gasteiger partial charge on any atom is -0.398 e. The first-order valence-electron chi connectivity index (χ1n) is 5.91.